The first kappa shape index (κ1) is 16.3. The van der Waals surface area contributed by atoms with E-state index in [0.717, 1.165) is 27.7 Å². The Kier molecular flexibility index (Phi) is 4.37. The number of nitrogens with one attached hydrogen (secondary N) is 2. The lowest BCUT2D eigenvalue weighted by Gasteiger charge is -2.18. The average Bonchev–Trinajstić information content (AvgIpc) is 3.15. The van der Waals surface area contributed by atoms with Gasteiger partial charge in [-0.25, -0.2) is 4.98 Å². The van der Waals surface area contributed by atoms with E-state index in [9.17, 15) is 4.79 Å². The van der Waals surface area contributed by atoms with Crippen molar-refractivity contribution in [1.82, 2.24) is 4.98 Å². The molecule has 0 atom stereocenters. The highest BCUT2D eigenvalue weighted by Gasteiger charge is 2.16. The minimum atomic E-state index is -0.154. The van der Waals surface area contributed by atoms with Crippen molar-refractivity contribution < 1.29 is 9.53 Å². The molecule has 2 N–H and O–H groups in total. The van der Waals surface area contributed by atoms with Gasteiger partial charge in [0.15, 0.2) is 6.61 Å². The first-order chi connectivity index (χ1) is 12.7. The molecule has 0 saturated heterocycles. The second kappa shape index (κ2) is 6.97. The van der Waals surface area contributed by atoms with E-state index < -0.39 is 0 Å². The summed E-state index contributed by atoms with van der Waals surface area (Å²) in [6, 6.07) is 15.6. The molecule has 6 nitrogen and oxygen atoms in total. The number of anilines is 2. The summed E-state index contributed by atoms with van der Waals surface area (Å²) in [5, 5.41) is 9.92. The van der Waals surface area contributed by atoms with Gasteiger partial charge in [-0.1, -0.05) is 30.3 Å². The van der Waals surface area contributed by atoms with E-state index in [2.05, 4.69) is 20.8 Å². The summed E-state index contributed by atoms with van der Waals surface area (Å²) in [5.74, 6) is 0.514. The third-order valence-electron chi connectivity index (χ3n) is 3.92. The summed E-state index contributed by atoms with van der Waals surface area (Å²) in [4.78, 5) is 16.0. The van der Waals surface area contributed by atoms with Crippen molar-refractivity contribution in [3.05, 3.63) is 59.5 Å². The van der Waals surface area contributed by atoms with E-state index in [4.69, 9.17) is 4.74 Å². The number of carbonyl (C=O) groups excluding carboxylic acids is 1. The number of carbonyl (C=O) groups is 1. The minimum absolute atomic E-state index is 0.0504. The molecule has 0 spiro atoms. The third-order valence-corrected chi connectivity index (χ3v) is 4.67. The lowest BCUT2D eigenvalue weighted by molar-refractivity contribution is -0.118. The number of hydrogen-bond acceptors (Lipinski definition) is 6. The van der Waals surface area contributed by atoms with Crippen LogP contribution in [0.1, 0.15) is 12.5 Å². The topological polar surface area (TPSA) is 75.6 Å². The molecule has 0 bridgehead atoms. The van der Waals surface area contributed by atoms with Crippen LogP contribution in [0, 0.1) is 0 Å². The first-order valence-electron chi connectivity index (χ1n) is 8.07. The number of aromatic nitrogens is 1. The number of amides is 1. The smallest absolute Gasteiger partial charge is 0.262 e. The summed E-state index contributed by atoms with van der Waals surface area (Å²) in [7, 11) is 0. The maximum absolute atomic E-state index is 11.5. The van der Waals surface area contributed by atoms with Gasteiger partial charge >= 0.3 is 0 Å². The van der Waals surface area contributed by atoms with Crippen LogP contribution in [-0.2, 0) is 4.79 Å². The molecule has 2 heterocycles. The molecular weight excluding hydrogens is 348 g/mol. The number of fused-ring (bicyclic) bond motifs is 1. The highest BCUT2D eigenvalue weighted by atomic mass is 32.1. The number of nitrogens with zero attached hydrogens (tertiary/aromatic N) is 2. The second-order valence-corrected chi connectivity index (χ2v) is 6.62. The predicted molar refractivity (Wildman–Crippen MR) is 104 cm³/mol. The predicted octanol–water partition coefficient (Wildman–Crippen LogP) is 3.98. The zero-order chi connectivity index (χ0) is 17.9. The van der Waals surface area contributed by atoms with Crippen molar-refractivity contribution in [2.45, 2.75) is 6.92 Å². The van der Waals surface area contributed by atoms with Gasteiger partial charge in [0.2, 0.25) is 5.13 Å². The summed E-state index contributed by atoms with van der Waals surface area (Å²) in [6.45, 7) is 1.95. The van der Waals surface area contributed by atoms with Crippen LogP contribution in [-0.4, -0.2) is 23.2 Å². The number of ether oxygens (including phenoxy) is 1. The summed E-state index contributed by atoms with van der Waals surface area (Å²) >= 11 is 1.50. The van der Waals surface area contributed by atoms with Crippen LogP contribution in [0.15, 0.2) is 59.0 Å². The van der Waals surface area contributed by atoms with Crippen molar-refractivity contribution >= 4 is 33.8 Å². The Labute approximate surface area is 154 Å². The Bertz CT molecular complexity index is 982. The quantitative estimate of drug-likeness (QED) is 0.542. The Balaban J connectivity index is 1.50. The van der Waals surface area contributed by atoms with E-state index >= 15 is 0 Å². The van der Waals surface area contributed by atoms with Crippen LogP contribution in [0.4, 0.5) is 10.8 Å². The normalized spacial score (nSPS) is 13.6. The molecule has 1 aliphatic heterocycles. The van der Waals surface area contributed by atoms with Gasteiger partial charge < -0.3 is 10.1 Å². The lowest BCUT2D eigenvalue weighted by Crippen LogP contribution is -2.25. The monoisotopic (exact) mass is 364 g/mol. The molecule has 1 aliphatic rings. The van der Waals surface area contributed by atoms with Gasteiger partial charge in [0.25, 0.3) is 5.91 Å². The fourth-order valence-electron chi connectivity index (χ4n) is 2.57. The highest BCUT2D eigenvalue weighted by molar-refractivity contribution is 7.14. The largest absolute Gasteiger partial charge is 0.482 e. The van der Waals surface area contributed by atoms with E-state index in [1.165, 1.54) is 11.3 Å². The van der Waals surface area contributed by atoms with Gasteiger partial charge in [0.1, 0.15) is 5.75 Å². The average molecular weight is 364 g/mol. The maximum Gasteiger partial charge on any atom is 0.262 e. The Hall–Kier alpha value is -3.19. The molecule has 0 unspecified atom stereocenters. The molecule has 0 aliphatic carbocycles. The SMILES string of the molecule is C/C(=N/Nc1nc(-c2ccccc2)cs1)c1ccc2c(c1)NC(=O)CO2. The van der Waals surface area contributed by atoms with Gasteiger partial charge in [-0.2, -0.15) is 5.10 Å². The molecule has 2 aromatic carbocycles. The number of thiazole rings is 1. The molecule has 0 radical (unpaired) electrons. The van der Waals surface area contributed by atoms with Crippen molar-refractivity contribution in [2.24, 2.45) is 5.10 Å². The lowest BCUT2D eigenvalue weighted by atomic mass is 10.1. The van der Waals surface area contributed by atoms with Gasteiger partial charge in [-0.05, 0) is 30.7 Å². The molecule has 0 fully saturated rings. The van der Waals surface area contributed by atoms with Crippen molar-refractivity contribution in [1.29, 1.82) is 0 Å². The molecule has 4 rings (SSSR count). The zero-order valence-electron chi connectivity index (χ0n) is 14.0. The molecule has 0 saturated carbocycles. The molecule has 1 aromatic heterocycles. The van der Waals surface area contributed by atoms with Gasteiger partial charge in [-0.3, -0.25) is 10.2 Å². The van der Waals surface area contributed by atoms with E-state index in [0.29, 0.717) is 11.4 Å². The molecule has 7 heteroatoms. The molecule has 1 amide bonds. The molecular formula is C19H16N4O2S. The van der Waals surface area contributed by atoms with Crippen LogP contribution in [0.3, 0.4) is 0 Å². The Morgan fingerprint density at radius 1 is 1.27 bits per heavy atom. The van der Waals surface area contributed by atoms with E-state index in [1.54, 1.807) is 0 Å². The van der Waals surface area contributed by atoms with Crippen molar-refractivity contribution in [3.8, 4) is 17.0 Å². The van der Waals surface area contributed by atoms with Crippen LogP contribution < -0.4 is 15.5 Å². The van der Waals surface area contributed by atoms with Gasteiger partial charge in [0, 0.05) is 10.9 Å². The van der Waals surface area contributed by atoms with Crippen LogP contribution in [0.2, 0.25) is 0 Å². The standard InChI is InChI=1S/C19H16N4O2S/c1-12(14-7-8-17-15(9-14)20-18(24)10-25-17)22-23-19-21-16(11-26-19)13-5-3-2-4-6-13/h2-9,11H,10H2,1H3,(H,20,24)(H,21,23)/b22-12-. The van der Waals surface area contributed by atoms with Crippen LogP contribution in [0.25, 0.3) is 11.3 Å². The minimum Gasteiger partial charge on any atom is -0.482 e. The van der Waals surface area contributed by atoms with Crippen molar-refractivity contribution in [2.75, 3.05) is 17.3 Å². The maximum atomic E-state index is 11.5. The number of benzene rings is 2. The third kappa shape index (κ3) is 3.43. The molecule has 130 valence electrons. The summed E-state index contributed by atoms with van der Waals surface area (Å²) < 4.78 is 5.37. The number of rotatable bonds is 4. The van der Waals surface area contributed by atoms with E-state index in [-0.39, 0.29) is 12.5 Å². The summed E-state index contributed by atoms with van der Waals surface area (Å²) in [6.07, 6.45) is 0. The number of hydrazone groups is 1. The summed E-state index contributed by atoms with van der Waals surface area (Å²) in [5.41, 5.74) is 7.32. The number of hydrogen-bond donors (Lipinski definition) is 2. The Morgan fingerprint density at radius 2 is 2.12 bits per heavy atom. The molecule has 3 aromatic rings. The van der Waals surface area contributed by atoms with Crippen LogP contribution in [0.5, 0.6) is 5.75 Å². The highest BCUT2D eigenvalue weighted by Crippen LogP contribution is 2.29. The fraction of sp³-hybridized carbons (Fsp3) is 0.105. The van der Waals surface area contributed by atoms with E-state index in [1.807, 2.05) is 60.8 Å². The van der Waals surface area contributed by atoms with Gasteiger partial charge in [0.05, 0.1) is 17.1 Å². The fourth-order valence-corrected chi connectivity index (χ4v) is 3.23. The van der Waals surface area contributed by atoms with Gasteiger partial charge in [-0.15, -0.1) is 11.3 Å². The second-order valence-electron chi connectivity index (χ2n) is 5.76. The molecule has 26 heavy (non-hydrogen) atoms. The Morgan fingerprint density at radius 3 is 2.96 bits per heavy atom. The first-order valence-corrected chi connectivity index (χ1v) is 8.95. The van der Waals surface area contributed by atoms with Crippen LogP contribution >= 0.6 is 11.3 Å². The zero-order valence-corrected chi connectivity index (χ0v) is 14.8. The van der Waals surface area contributed by atoms with Crippen molar-refractivity contribution in [3.63, 3.8) is 0 Å².